The predicted octanol–water partition coefficient (Wildman–Crippen LogP) is 5.82. The molecule has 25 heavy (non-hydrogen) atoms. The first-order valence-electron chi connectivity index (χ1n) is 9.66. The maximum absolute atomic E-state index is 10.7. The number of halogens is 1. The molecule has 1 aliphatic carbocycles. The van der Waals surface area contributed by atoms with Crippen LogP contribution >= 0.6 is 15.9 Å². The Morgan fingerprint density at radius 1 is 1.00 bits per heavy atom. The highest BCUT2D eigenvalue weighted by Gasteiger charge is 2.46. The van der Waals surface area contributed by atoms with Crippen molar-refractivity contribution in [2.75, 3.05) is 13.2 Å². The topological polar surface area (TPSA) is 51.6 Å². The van der Waals surface area contributed by atoms with Gasteiger partial charge in [0.2, 0.25) is 0 Å². The van der Waals surface area contributed by atoms with E-state index in [0.717, 1.165) is 23.0 Å². The fourth-order valence-corrected chi connectivity index (χ4v) is 2.97. The molecule has 1 spiro atoms. The van der Waals surface area contributed by atoms with Gasteiger partial charge in [-0.15, -0.1) is 0 Å². The Hall–Kier alpha value is -0.490. The molecule has 5 heteroatoms. The maximum atomic E-state index is 10.7. The third-order valence-electron chi connectivity index (χ3n) is 3.86. The molecule has 146 valence electrons. The van der Waals surface area contributed by atoms with Crippen molar-refractivity contribution in [3.63, 3.8) is 0 Å². The van der Waals surface area contributed by atoms with Gasteiger partial charge in [0.15, 0.2) is 5.79 Å². The molecule has 0 amide bonds. The number of hydrogen-bond acceptors (Lipinski definition) is 4. The van der Waals surface area contributed by atoms with Crippen molar-refractivity contribution in [2.45, 2.75) is 85.0 Å². The summed E-state index contributed by atoms with van der Waals surface area (Å²) in [7, 11) is 0. The zero-order valence-corrected chi connectivity index (χ0v) is 18.4. The summed E-state index contributed by atoms with van der Waals surface area (Å²) >= 11 is 3.35. The summed E-state index contributed by atoms with van der Waals surface area (Å²) < 4.78 is 12.3. The van der Waals surface area contributed by atoms with Crippen molar-refractivity contribution in [3.05, 3.63) is 28.5 Å². The molecule has 2 heterocycles. The molecule has 1 saturated carbocycles. The normalized spacial score (nSPS) is 19.5. The number of ether oxygens (including phenoxy) is 2. The second kappa shape index (κ2) is 12.8. The molecule has 2 fully saturated rings. The Morgan fingerprint density at radius 3 is 1.88 bits per heavy atom. The monoisotopic (exact) mass is 417 g/mol. The number of hydrogen-bond donors (Lipinski definition) is 1. The SMILES string of the molecule is CC.CC.CCC.OC1(c2ccc(Br)cn2)CCC2(CC1)OCCO2. The summed E-state index contributed by atoms with van der Waals surface area (Å²) in [6.07, 6.45) is 5.67. The second-order valence-corrected chi connectivity index (χ2v) is 6.62. The van der Waals surface area contributed by atoms with Crippen LogP contribution in [0.3, 0.4) is 0 Å². The van der Waals surface area contributed by atoms with Gasteiger partial charge in [-0.3, -0.25) is 4.98 Å². The number of pyridine rings is 1. The molecule has 1 aromatic heterocycles. The number of nitrogens with zero attached hydrogens (tertiary/aromatic N) is 1. The third-order valence-corrected chi connectivity index (χ3v) is 4.33. The van der Waals surface area contributed by atoms with Gasteiger partial charge in [-0.2, -0.15) is 0 Å². The standard InChI is InChI=1S/C13H16BrNO3.C3H8.2C2H6/c14-10-1-2-11(15-9-10)12(16)3-5-13(6-4-12)17-7-8-18-13;1-3-2;2*1-2/h1-2,9,16H,3-8H2;3H2,1-2H3;2*1-2H3. The molecule has 3 rings (SSSR count). The average Bonchev–Trinajstić information content (AvgIpc) is 3.11. The largest absolute Gasteiger partial charge is 0.384 e. The molecular weight excluding hydrogens is 382 g/mol. The van der Waals surface area contributed by atoms with Gasteiger partial charge in [0.25, 0.3) is 0 Å². The Balaban J connectivity index is 0.000000728. The zero-order chi connectivity index (χ0) is 19.3. The van der Waals surface area contributed by atoms with Crippen molar-refractivity contribution in [3.8, 4) is 0 Å². The molecule has 0 atom stereocenters. The first-order chi connectivity index (χ1) is 12.0. The molecule has 0 unspecified atom stereocenters. The van der Waals surface area contributed by atoms with Crippen LogP contribution in [0.25, 0.3) is 0 Å². The van der Waals surface area contributed by atoms with Crippen LogP contribution in [0.1, 0.15) is 79.3 Å². The summed E-state index contributed by atoms with van der Waals surface area (Å²) in [4.78, 5) is 4.31. The lowest BCUT2D eigenvalue weighted by Gasteiger charge is -2.40. The summed E-state index contributed by atoms with van der Waals surface area (Å²) in [5.41, 5.74) is -0.111. The van der Waals surface area contributed by atoms with Crippen molar-refractivity contribution >= 4 is 15.9 Å². The van der Waals surface area contributed by atoms with Gasteiger partial charge >= 0.3 is 0 Å². The van der Waals surface area contributed by atoms with Crippen molar-refractivity contribution in [1.29, 1.82) is 0 Å². The summed E-state index contributed by atoms with van der Waals surface area (Å²) in [6, 6.07) is 3.78. The molecule has 1 aromatic rings. The van der Waals surface area contributed by atoms with E-state index < -0.39 is 11.4 Å². The minimum absolute atomic E-state index is 0.443. The van der Waals surface area contributed by atoms with E-state index in [0.29, 0.717) is 26.1 Å². The average molecular weight is 418 g/mol. The van der Waals surface area contributed by atoms with Gasteiger partial charge in [-0.25, -0.2) is 0 Å². The minimum Gasteiger partial charge on any atom is -0.384 e. The Labute approximate surface area is 162 Å². The van der Waals surface area contributed by atoms with Gasteiger partial charge in [-0.05, 0) is 40.9 Å². The van der Waals surface area contributed by atoms with Crippen LogP contribution in [0.15, 0.2) is 22.8 Å². The third kappa shape index (κ3) is 7.33. The van der Waals surface area contributed by atoms with Crippen LogP contribution in [0.2, 0.25) is 0 Å². The molecule has 1 N–H and O–H groups in total. The molecule has 1 aliphatic heterocycles. The minimum atomic E-state index is -0.846. The van der Waals surface area contributed by atoms with Crippen molar-refractivity contribution in [1.82, 2.24) is 4.98 Å². The van der Waals surface area contributed by atoms with E-state index in [1.807, 2.05) is 39.8 Å². The van der Waals surface area contributed by atoms with Crippen LogP contribution < -0.4 is 0 Å². The van der Waals surface area contributed by atoms with Gasteiger partial charge in [0, 0.05) is 23.5 Å². The molecule has 2 aliphatic rings. The number of aliphatic hydroxyl groups is 1. The molecule has 0 aromatic carbocycles. The zero-order valence-electron chi connectivity index (χ0n) is 16.8. The van der Waals surface area contributed by atoms with Gasteiger partial charge in [0.05, 0.1) is 18.9 Å². The Kier molecular flexibility index (Phi) is 12.5. The smallest absolute Gasteiger partial charge is 0.168 e. The Morgan fingerprint density at radius 2 is 1.48 bits per heavy atom. The molecule has 4 nitrogen and oxygen atoms in total. The van der Waals surface area contributed by atoms with Gasteiger partial charge in [0.1, 0.15) is 5.60 Å². The van der Waals surface area contributed by atoms with Crippen LogP contribution in [0.4, 0.5) is 0 Å². The molecule has 0 radical (unpaired) electrons. The van der Waals surface area contributed by atoms with Gasteiger partial charge in [-0.1, -0.05) is 48.0 Å². The summed E-state index contributed by atoms with van der Waals surface area (Å²) in [6.45, 7) is 13.6. The van der Waals surface area contributed by atoms with E-state index in [2.05, 4.69) is 34.8 Å². The second-order valence-electron chi connectivity index (χ2n) is 5.71. The van der Waals surface area contributed by atoms with Crippen molar-refractivity contribution < 1.29 is 14.6 Å². The van der Waals surface area contributed by atoms with E-state index in [1.165, 1.54) is 6.42 Å². The fourth-order valence-electron chi connectivity index (χ4n) is 2.74. The number of aromatic nitrogens is 1. The summed E-state index contributed by atoms with van der Waals surface area (Å²) in [5.74, 6) is -0.443. The van der Waals surface area contributed by atoms with Crippen molar-refractivity contribution in [2.24, 2.45) is 0 Å². The lowest BCUT2D eigenvalue weighted by Crippen LogP contribution is -2.42. The molecule has 1 saturated heterocycles. The van der Waals surface area contributed by atoms with Crippen LogP contribution in [0.5, 0.6) is 0 Å². The van der Waals surface area contributed by atoms with Crippen LogP contribution in [-0.2, 0) is 15.1 Å². The predicted molar refractivity (Wildman–Crippen MR) is 108 cm³/mol. The lowest BCUT2D eigenvalue weighted by atomic mass is 9.79. The van der Waals surface area contributed by atoms with E-state index >= 15 is 0 Å². The quantitative estimate of drug-likeness (QED) is 0.625. The highest BCUT2D eigenvalue weighted by molar-refractivity contribution is 9.10. The fraction of sp³-hybridized carbons (Fsp3) is 0.750. The first kappa shape index (κ1) is 24.5. The highest BCUT2D eigenvalue weighted by Crippen LogP contribution is 2.44. The maximum Gasteiger partial charge on any atom is 0.168 e. The lowest BCUT2D eigenvalue weighted by molar-refractivity contribution is -0.204. The van der Waals surface area contributed by atoms with E-state index in [4.69, 9.17) is 9.47 Å². The number of rotatable bonds is 1. The van der Waals surface area contributed by atoms with E-state index in [1.54, 1.807) is 6.20 Å². The van der Waals surface area contributed by atoms with Crippen LogP contribution in [-0.4, -0.2) is 29.1 Å². The van der Waals surface area contributed by atoms with E-state index in [9.17, 15) is 5.11 Å². The van der Waals surface area contributed by atoms with E-state index in [-0.39, 0.29) is 0 Å². The highest BCUT2D eigenvalue weighted by atomic mass is 79.9. The molecule has 0 bridgehead atoms. The van der Waals surface area contributed by atoms with Crippen LogP contribution in [0, 0.1) is 0 Å². The Bertz CT molecular complexity index is 435. The summed E-state index contributed by atoms with van der Waals surface area (Å²) in [5, 5.41) is 10.7. The van der Waals surface area contributed by atoms with Gasteiger partial charge < -0.3 is 14.6 Å². The molecular formula is C20H36BrNO3. The first-order valence-corrected chi connectivity index (χ1v) is 10.5.